The molecule has 7 nitrogen and oxygen atoms in total. The maximum atomic E-state index is 12.6. The Hall–Kier alpha value is -3.91. The lowest BCUT2D eigenvalue weighted by Gasteiger charge is -2.06. The van der Waals surface area contributed by atoms with Gasteiger partial charge in [-0.1, -0.05) is 54.6 Å². The minimum absolute atomic E-state index is 0.120. The maximum Gasteiger partial charge on any atom is 0.378 e. The number of thioether (sulfide) groups is 1. The zero-order valence-corrected chi connectivity index (χ0v) is 18.1. The van der Waals surface area contributed by atoms with Crippen LogP contribution in [-0.2, 0) is 9.53 Å². The largest absolute Gasteiger partial charge is 0.450 e. The number of carbonyl (C=O) groups is 2. The van der Waals surface area contributed by atoms with E-state index in [0.717, 1.165) is 16.1 Å². The van der Waals surface area contributed by atoms with E-state index < -0.39 is 18.5 Å². The summed E-state index contributed by atoms with van der Waals surface area (Å²) in [5, 5.41) is 7.05. The average molecular weight is 445 g/mol. The number of hydrogen-bond donors (Lipinski definition) is 1. The molecule has 0 aliphatic rings. The summed E-state index contributed by atoms with van der Waals surface area (Å²) in [5.74, 6) is -0.834. The van der Waals surface area contributed by atoms with E-state index in [9.17, 15) is 9.59 Å². The number of nitrogens with one attached hydrogen (secondary N) is 1. The van der Waals surface area contributed by atoms with Crippen LogP contribution in [0.25, 0.3) is 17.1 Å². The molecule has 4 aromatic rings. The summed E-state index contributed by atoms with van der Waals surface area (Å²) in [6.45, 7) is -0.442. The second-order valence-corrected chi connectivity index (χ2v) is 7.61. The predicted molar refractivity (Wildman–Crippen MR) is 124 cm³/mol. The van der Waals surface area contributed by atoms with Crippen LogP contribution in [0, 0.1) is 0 Å². The summed E-state index contributed by atoms with van der Waals surface area (Å²) in [7, 11) is 0. The summed E-state index contributed by atoms with van der Waals surface area (Å²) >= 11 is 1.57. The van der Waals surface area contributed by atoms with Gasteiger partial charge in [0.1, 0.15) is 0 Å². The number of rotatable bonds is 7. The van der Waals surface area contributed by atoms with E-state index in [-0.39, 0.29) is 5.82 Å². The Balaban J connectivity index is 1.50. The molecular formula is C24H20N4O3S. The van der Waals surface area contributed by atoms with Crippen LogP contribution in [0.1, 0.15) is 10.6 Å². The van der Waals surface area contributed by atoms with Gasteiger partial charge in [-0.05, 0) is 36.6 Å². The number of hydrogen-bond acceptors (Lipinski definition) is 6. The van der Waals surface area contributed by atoms with Crippen LogP contribution in [-0.4, -0.2) is 39.5 Å². The number of para-hydroxylation sites is 1. The van der Waals surface area contributed by atoms with Crippen molar-refractivity contribution in [1.29, 1.82) is 0 Å². The topological polar surface area (TPSA) is 86.1 Å². The van der Waals surface area contributed by atoms with Gasteiger partial charge in [0, 0.05) is 16.1 Å². The molecule has 1 heterocycles. The van der Waals surface area contributed by atoms with Gasteiger partial charge in [-0.25, -0.2) is 14.5 Å². The van der Waals surface area contributed by atoms with Crippen molar-refractivity contribution in [3.63, 3.8) is 0 Å². The van der Waals surface area contributed by atoms with Gasteiger partial charge in [-0.15, -0.1) is 16.9 Å². The lowest BCUT2D eigenvalue weighted by molar-refractivity contribution is -0.119. The monoisotopic (exact) mass is 444 g/mol. The number of esters is 1. The van der Waals surface area contributed by atoms with Gasteiger partial charge in [0.2, 0.25) is 0 Å². The Bertz CT molecular complexity index is 1170. The highest BCUT2D eigenvalue weighted by atomic mass is 32.2. The maximum absolute atomic E-state index is 12.6. The van der Waals surface area contributed by atoms with Gasteiger partial charge in [-0.3, -0.25) is 4.79 Å². The van der Waals surface area contributed by atoms with Crippen LogP contribution < -0.4 is 5.32 Å². The zero-order chi connectivity index (χ0) is 22.3. The third kappa shape index (κ3) is 5.04. The normalized spacial score (nSPS) is 10.5. The number of aromatic nitrogens is 3. The minimum Gasteiger partial charge on any atom is -0.450 e. The standard InChI is InChI=1S/C24H20N4O3S/c1-32-20-14-8-11-18(15-20)25-21(29)16-31-24(30)22-26-23(17-9-4-2-5-10-17)28(27-22)19-12-6-3-7-13-19/h2-15H,16H2,1H3,(H,25,29). The van der Waals surface area contributed by atoms with Gasteiger partial charge in [0.15, 0.2) is 12.4 Å². The van der Waals surface area contributed by atoms with Crippen molar-refractivity contribution in [2.75, 3.05) is 18.2 Å². The number of ether oxygens (including phenoxy) is 1. The third-order valence-corrected chi connectivity index (χ3v) is 5.24. The highest BCUT2D eigenvalue weighted by Crippen LogP contribution is 2.21. The van der Waals surface area contributed by atoms with Crippen molar-refractivity contribution in [2.45, 2.75) is 4.90 Å². The molecule has 8 heteroatoms. The van der Waals surface area contributed by atoms with Gasteiger partial charge < -0.3 is 10.1 Å². The first kappa shape index (κ1) is 21.3. The SMILES string of the molecule is CSc1cccc(NC(=O)COC(=O)c2nc(-c3ccccc3)n(-c3ccccc3)n2)c1. The van der Waals surface area contributed by atoms with Gasteiger partial charge in [0.05, 0.1) is 5.69 Å². The first-order valence-electron chi connectivity index (χ1n) is 9.83. The molecule has 3 aromatic carbocycles. The molecular weight excluding hydrogens is 424 g/mol. The lowest BCUT2D eigenvalue weighted by Crippen LogP contribution is -2.21. The Morgan fingerprint density at radius 1 is 0.969 bits per heavy atom. The fourth-order valence-electron chi connectivity index (χ4n) is 3.02. The zero-order valence-electron chi connectivity index (χ0n) is 17.3. The quantitative estimate of drug-likeness (QED) is 0.335. The molecule has 0 atom stereocenters. The van der Waals surface area contributed by atoms with E-state index in [2.05, 4.69) is 15.4 Å². The van der Waals surface area contributed by atoms with Crippen molar-refractivity contribution in [2.24, 2.45) is 0 Å². The molecule has 1 aromatic heterocycles. The number of amides is 1. The van der Waals surface area contributed by atoms with Crippen molar-refractivity contribution in [3.05, 3.63) is 90.8 Å². The molecule has 32 heavy (non-hydrogen) atoms. The van der Waals surface area contributed by atoms with Gasteiger partial charge in [0.25, 0.3) is 11.7 Å². The highest BCUT2D eigenvalue weighted by Gasteiger charge is 2.20. The van der Waals surface area contributed by atoms with E-state index in [1.807, 2.05) is 85.1 Å². The second-order valence-electron chi connectivity index (χ2n) is 6.73. The average Bonchev–Trinajstić information content (AvgIpc) is 3.29. The van der Waals surface area contributed by atoms with Crippen LogP contribution in [0.3, 0.4) is 0 Å². The van der Waals surface area contributed by atoms with Crippen LogP contribution >= 0.6 is 11.8 Å². The summed E-state index contributed by atoms with van der Waals surface area (Å²) in [6, 6.07) is 26.2. The summed E-state index contributed by atoms with van der Waals surface area (Å²) in [6.07, 6.45) is 1.95. The van der Waals surface area contributed by atoms with Crippen LogP contribution in [0.4, 0.5) is 5.69 Å². The molecule has 0 bridgehead atoms. The summed E-state index contributed by atoms with van der Waals surface area (Å²) < 4.78 is 6.75. The molecule has 0 aliphatic carbocycles. The smallest absolute Gasteiger partial charge is 0.378 e. The predicted octanol–water partition coefficient (Wildman–Crippen LogP) is 4.45. The molecule has 160 valence electrons. The third-order valence-electron chi connectivity index (χ3n) is 4.51. The van der Waals surface area contributed by atoms with E-state index in [1.165, 1.54) is 0 Å². The van der Waals surface area contributed by atoms with E-state index in [4.69, 9.17) is 4.74 Å². The van der Waals surface area contributed by atoms with Gasteiger partial charge in [-0.2, -0.15) is 0 Å². The molecule has 0 fully saturated rings. The number of benzene rings is 3. The van der Waals surface area contributed by atoms with Crippen molar-refractivity contribution in [3.8, 4) is 17.1 Å². The Morgan fingerprint density at radius 2 is 1.69 bits per heavy atom. The fraction of sp³-hybridized carbons (Fsp3) is 0.0833. The molecule has 0 spiro atoms. The summed E-state index contributed by atoms with van der Waals surface area (Å²) in [4.78, 5) is 30.2. The van der Waals surface area contributed by atoms with E-state index >= 15 is 0 Å². The van der Waals surface area contributed by atoms with E-state index in [1.54, 1.807) is 22.5 Å². The van der Waals surface area contributed by atoms with Crippen LogP contribution in [0.15, 0.2) is 89.8 Å². The molecule has 4 rings (SSSR count). The van der Waals surface area contributed by atoms with Crippen molar-refractivity contribution in [1.82, 2.24) is 14.8 Å². The molecule has 0 saturated heterocycles. The molecule has 0 unspecified atom stereocenters. The number of carbonyl (C=O) groups excluding carboxylic acids is 2. The molecule has 1 amide bonds. The molecule has 0 saturated carbocycles. The minimum atomic E-state index is -0.773. The van der Waals surface area contributed by atoms with Crippen molar-refractivity contribution < 1.29 is 14.3 Å². The molecule has 0 aliphatic heterocycles. The van der Waals surface area contributed by atoms with Crippen LogP contribution in [0.2, 0.25) is 0 Å². The van der Waals surface area contributed by atoms with Gasteiger partial charge >= 0.3 is 5.97 Å². The van der Waals surface area contributed by atoms with Crippen molar-refractivity contribution >= 4 is 29.3 Å². The Morgan fingerprint density at radius 3 is 2.41 bits per heavy atom. The second kappa shape index (κ2) is 9.93. The van der Waals surface area contributed by atoms with E-state index in [0.29, 0.717) is 11.5 Å². The molecule has 0 radical (unpaired) electrons. The first-order chi connectivity index (χ1) is 15.6. The number of anilines is 1. The highest BCUT2D eigenvalue weighted by molar-refractivity contribution is 7.98. The lowest BCUT2D eigenvalue weighted by atomic mass is 10.2. The number of nitrogens with zero attached hydrogens (tertiary/aromatic N) is 3. The summed E-state index contributed by atoms with van der Waals surface area (Å²) in [5.41, 5.74) is 2.19. The fourth-order valence-corrected chi connectivity index (χ4v) is 3.47. The molecule has 1 N–H and O–H groups in total. The Labute approximate surface area is 189 Å². The first-order valence-corrected chi connectivity index (χ1v) is 11.1. The Kier molecular flexibility index (Phi) is 6.62. The van der Waals surface area contributed by atoms with Crippen LogP contribution in [0.5, 0.6) is 0 Å².